The maximum absolute atomic E-state index is 5.28. The number of hydrogen-bond acceptors (Lipinski definition) is 3. The second-order valence-electron chi connectivity index (χ2n) is 2.37. The zero-order valence-corrected chi connectivity index (χ0v) is 6.28. The van der Waals surface area contributed by atoms with Crippen LogP contribution in [0.2, 0.25) is 0 Å². The molecular weight excluding hydrogens is 114 g/mol. The Hall–Kier alpha value is -0.120. The standard InChI is InChI=1S/C6H17N3/c1-6(2)9-8-5-3-4-7/h6,8-9H,3-5,7H2,1-2H3. The van der Waals surface area contributed by atoms with Crippen LogP contribution in [0.4, 0.5) is 0 Å². The minimum absolute atomic E-state index is 0.503. The molecule has 0 aromatic carbocycles. The monoisotopic (exact) mass is 131 g/mol. The molecule has 0 radical (unpaired) electrons. The summed E-state index contributed by atoms with van der Waals surface area (Å²) in [5.74, 6) is 0. The van der Waals surface area contributed by atoms with Crippen molar-refractivity contribution >= 4 is 0 Å². The summed E-state index contributed by atoms with van der Waals surface area (Å²) in [6.45, 7) is 5.90. The third-order valence-electron chi connectivity index (χ3n) is 0.897. The van der Waals surface area contributed by atoms with Crippen molar-refractivity contribution in [1.82, 2.24) is 10.9 Å². The van der Waals surface area contributed by atoms with E-state index in [0.717, 1.165) is 19.5 Å². The van der Waals surface area contributed by atoms with E-state index >= 15 is 0 Å². The molecule has 0 aliphatic rings. The van der Waals surface area contributed by atoms with E-state index < -0.39 is 0 Å². The fourth-order valence-electron chi connectivity index (χ4n) is 0.467. The quantitative estimate of drug-likeness (QED) is 0.359. The molecule has 0 atom stereocenters. The molecule has 0 saturated carbocycles. The van der Waals surface area contributed by atoms with E-state index in [9.17, 15) is 0 Å². The molecule has 0 saturated heterocycles. The van der Waals surface area contributed by atoms with Gasteiger partial charge in [-0.05, 0) is 26.8 Å². The summed E-state index contributed by atoms with van der Waals surface area (Å²) in [6.07, 6.45) is 1.03. The van der Waals surface area contributed by atoms with Gasteiger partial charge in [0.25, 0.3) is 0 Å². The van der Waals surface area contributed by atoms with Crippen molar-refractivity contribution in [2.45, 2.75) is 26.3 Å². The van der Waals surface area contributed by atoms with Crippen molar-refractivity contribution < 1.29 is 0 Å². The van der Waals surface area contributed by atoms with Gasteiger partial charge in [-0.15, -0.1) is 0 Å². The molecular formula is C6H17N3. The largest absolute Gasteiger partial charge is 0.330 e. The first-order chi connectivity index (χ1) is 4.27. The van der Waals surface area contributed by atoms with E-state index in [2.05, 4.69) is 24.7 Å². The van der Waals surface area contributed by atoms with Crippen molar-refractivity contribution in [3.05, 3.63) is 0 Å². The van der Waals surface area contributed by atoms with Gasteiger partial charge in [-0.3, -0.25) is 10.9 Å². The predicted octanol–water partition coefficient (Wildman–Crippen LogP) is -0.162. The van der Waals surface area contributed by atoms with Gasteiger partial charge >= 0.3 is 0 Å². The SMILES string of the molecule is CC(C)NNCCCN. The molecule has 3 heteroatoms. The summed E-state index contributed by atoms with van der Waals surface area (Å²) in [7, 11) is 0. The van der Waals surface area contributed by atoms with Crippen LogP contribution < -0.4 is 16.6 Å². The van der Waals surface area contributed by atoms with Gasteiger partial charge < -0.3 is 5.73 Å². The van der Waals surface area contributed by atoms with Crippen LogP contribution in [0.25, 0.3) is 0 Å². The second kappa shape index (κ2) is 6.01. The molecule has 56 valence electrons. The molecule has 0 heterocycles. The van der Waals surface area contributed by atoms with E-state index in [1.807, 2.05) is 0 Å². The summed E-state index contributed by atoms with van der Waals surface area (Å²) in [5, 5.41) is 0. The summed E-state index contributed by atoms with van der Waals surface area (Å²) < 4.78 is 0. The molecule has 0 aliphatic heterocycles. The highest BCUT2D eigenvalue weighted by Crippen LogP contribution is 1.71. The van der Waals surface area contributed by atoms with Crippen LogP contribution in [0, 0.1) is 0 Å². The lowest BCUT2D eigenvalue weighted by Crippen LogP contribution is -2.38. The predicted molar refractivity (Wildman–Crippen MR) is 39.9 cm³/mol. The van der Waals surface area contributed by atoms with Gasteiger partial charge in [-0.1, -0.05) is 0 Å². The first kappa shape index (κ1) is 8.88. The lowest BCUT2D eigenvalue weighted by Gasteiger charge is -2.08. The Morgan fingerprint density at radius 3 is 2.56 bits per heavy atom. The van der Waals surface area contributed by atoms with E-state index in [-0.39, 0.29) is 0 Å². The van der Waals surface area contributed by atoms with E-state index in [4.69, 9.17) is 5.73 Å². The van der Waals surface area contributed by atoms with Crippen molar-refractivity contribution in [3.63, 3.8) is 0 Å². The number of hydrogen-bond donors (Lipinski definition) is 3. The first-order valence-electron chi connectivity index (χ1n) is 3.46. The minimum atomic E-state index is 0.503. The van der Waals surface area contributed by atoms with Crippen molar-refractivity contribution in [2.24, 2.45) is 5.73 Å². The van der Waals surface area contributed by atoms with Crippen LogP contribution >= 0.6 is 0 Å². The summed E-state index contributed by atoms with van der Waals surface area (Å²) in [5.41, 5.74) is 11.4. The maximum atomic E-state index is 5.28. The Labute approximate surface area is 57.0 Å². The first-order valence-corrected chi connectivity index (χ1v) is 3.46. The fourth-order valence-corrected chi connectivity index (χ4v) is 0.467. The fraction of sp³-hybridized carbons (Fsp3) is 1.00. The molecule has 4 N–H and O–H groups in total. The Bertz CT molecular complexity index is 54.3. The zero-order chi connectivity index (χ0) is 7.11. The third-order valence-corrected chi connectivity index (χ3v) is 0.897. The second-order valence-corrected chi connectivity index (χ2v) is 2.37. The van der Waals surface area contributed by atoms with Crippen LogP contribution in [-0.2, 0) is 0 Å². The summed E-state index contributed by atoms with van der Waals surface area (Å²) >= 11 is 0. The molecule has 0 aliphatic carbocycles. The highest BCUT2D eigenvalue weighted by atomic mass is 15.4. The number of hydrazine groups is 1. The van der Waals surface area contributed by atoms with Crippen LogP contribution in [0.3, 0.4) is 0 Å². The number of rotatable bonds is 5. The molecule has 0 aromatic heterocycles. The normalized spacial score (nSPS) is 10.7. The molecule has 0 rings (SSSR count). The van der Waals surface area contributed by atoms with Gasteiger partial charge in [0.15, 0.2) is 0 Å². The Balaban J connectivity index is 2.75. The zero-order valence-electron chi connectivity index (χ0n) is 6.28. The summed E-state index contributed by atoms with van der Waals surface area (Å²) in [4.78, 5) is 0. The van der Waals surface area contributed by atoms with Gasteiger partial charge in [0.1, 0.15) is 0 Å². The molecule has 0 fully saturated rings. The van der Waals surface area contributed by atoms with E-state index in [1.165, 1.54) is 0 Å². The maximum Gasteiger partial charge on any atom is 0.0156 e. The molecule has 0 spiro atoms. The van der Waals surface area contributed by atoms with Crippen molar-refractivity contribution in [2.75, 3.05) is 13.1 Å². The van der Waals surface area contributed by atoms with Crippen LogP contribution in [0.1, 0.15) is 20.3 Å². The smallest absolute Gasteiger partial charge is 0.0156 e. The highest BCUT2D eigenvalue weighted by Gasteiger charge is 1.87. The van der Waals surface area contributed by atoms with E-state index in [1.54, 1.807) is 0 Å². The molecule has 9 heavy (non-hydrogen) atoms. The molecule has 0 bridgehead atoms. The number of nitrogens with one attached hydrogen (secondary N) is 2. The van der Waals surface area contributed by atoms with Gasteiger partial charge in [0.05, 0.1) is 0 Å². The van der Waals surface area contributed by atoms with Crippen molar-refractivity contribution in [3.8, 4) is 0 Å². The molecule has 0 aromatic rings. The Morgan fingerprint density at radius 2 is 2.11 bits per heavy atom. The lowest BCUT2D eigenvalue weighted by atomic mass is 10.4. The number of nitrogens with two attached hydrogens (primary N) is 1. The summed E-state index contributed by atoms with van der Waals surface area (Å²) in [6, 6.07) is 0.503. The average Bonchev–Trinajstić information content (AvgIpc) is 1.80. The van der Waals surface area contributed by atoms with Crippen LogP contribution in [0.15, 0.2) is 0 Å². The lowest BCUT2D eigenvalue weighted by molar-refractivity contribution is 0.468. The minimum Gasteiger partial charge on any atom is -0.330 e. The van der Waals surface area contributed by atoms with Gasteiger partial charge in [-0.2, -0.15) is 0 Å². The van der Waals surface area contributed by atoms with Gasteiger partial charge in [0, 0.05) is 12.6 Å². The van der Waals surface area contributed by atoms with Crippen molar-refractivity contribution in [1.29, 1.82) is 0 Å². The molecule has 3 nitrogen and oxygen atoms in total. The Morgan fingerprint density at radius 1 is 1.44 bits per heavy atom. The molecule has 0 amide bonds. The average molecular weight is 131 g/mol. The van der Waals surface area contributed by atoms with E-state index in [0.29, 0.717) is 6.04 Å². The Kier molecular flexibility index (Phi) is 5.93. The van der Waals surface area contributed by atoms with Crippen LogP contribution in [-0.4, -0.2) is 19.1 Å². The van der Waals surface area contributed by atoms with Gasteiger partial charge in [0.2, 0.25) is 0 Å². The highest BCUT2D eigenvalue weighted by molar-refractivity contribution is 4.47. The molecule has 0 unspecified atom stereocenters. The van der Waals surface area contributed by atoms with Crippen LogP contribution in [0.5, 0.6) is 0 Å². The third kappa shape index (κ3) is 7.88. The topological polar surface area (TPSA) is 50.1 Å². The van der Waals surface area contributed by atoms with Gasteiger partial charge in [-0.25, -0.2) is 0 Å².